The van der Waals surface area contributed by atoms with Crippen molar-refractivity contribution in [2.45, 2.75) is 20.4 Å². The lowest BCUT2D eigenvalue weighted by atomic mass is 10.1. The zero-order valence-electron chi connectivity index (χ0n) is 10.0. The van der Waals surface area contributed by atoms with Crippen LogP contribution in [0.25, 0.3) is 0 Å². The Bertz CT molecular complexity index is 580. The minimum absolute atomic E-state index is 0.000756. The van der Waals surface area contributed by atoms with Crippen molar-refractivity contribution in [2.24, 2.45) is 0 Å². The van der Waals surface area contributed by atoms with Gasteiger partial charge in [-0.1, -0.05) is 11.2 Å². The summed E-state index contributed by atoms with van der Waals surface area (Å²) in [6.07, 6.45) is 0. The highest BCUT2D eigenvalue weighted by Crippen LogP contribution is 2.09. The number of halogens is 1. The van der Waals surface area contributed by atoms with E-state index in [0.29, 0.717) is 11.7 Å². The number of hydrogen-bond acceptors (Lipinski definition) is 4. The van der Waals surface area contributed by atoms with Crippen molar-refractivity contribution in [2.75, 3.05) is 0 Å². The molecule has 1 heterocycles. The smallest absolute Gasteiger partial charge is 0.254 e. The first-order chi connectivity index (χ1) is 8.56. The topological polar surface area (TPSA) is 68.0 Å². The molecule has 0 aliphatic rings. The summed E-state index contributed by atoms with van der Waals surface area (Å²) in [7, 11) is 0. The fraction of sp³-hybridized carbons (Fsp3) is 0.250. The zero-order valence-corrected chi connectivity index (χ0v) is 10.0. The van der Waals surface area contributed by atoms with Gasteiger partial charge in [0.2, 0.25) is 5.89 Å². The third-order valence-electron chi connectivity index (χ3n) is 2.35. The van der Waals surface area contributed by atoms with Crippen LogP contribution in [0.15, 0.2) is 22.7 Å². The fourth-order valence-electron chi connectivity index (χ4n) is 1.47. The molecule has 2 aromatic rings. The van der Waals surface area contributed by atoms with E-state index < -0.39 is 11.7 Å². The molecule has 5 nitrogen and oxygen atoms in total. The number of carbonyl (C=O) groups excluding carboxylic acids is 1. The van der Waals surface area contributed by atoms with E-state index in [1.54, 1.807) is 19.9 Å². The van der Waals surface area contributed by atoms with E-state index >= 15 is 0 Å². The van der Waals surface area contributed by atoms with Crippen LogP contribution >= 0.6 is 0 Å². The van der Waals surface area contributed by atoms with Gasteiger partial charge in [0.05, 0.1) is 12.1 Å². The van der Waals surface area contributed by atoms with E-state index in [0.717, 1.165) is 5.56 Å². The van der Waals surface area contributed by atoms with Gasteiger partial charge in [-0.15, -0.1) is 0 Å². The van der Waals surface area contributed by atoms with Gasteiger partial charge in [0.15, 0.2) is 5.82 Å². The minimum atomic E-state index is -0.545. The Morgan fingerprint density at radius 3 is 2.83 bits per heavy atom. The van der Waals surface area contributed by atoms with Crippen LogP contribution in [-0.2, 0) is 6.54 Å². The summed E-state index contributed by atoms with van der Waals surface area (Å²) < 4.78 is 18.3. The first kappa shape index (κ1) is 12.2. The molecule has 0 spiro atoms. The molecule has 0 aliphatic carbocycles. The van der Waals surface area contributed by atoms with Crippen molar-refractivity contribution in [3.05, 3.63) is 46.9 Å². The molecule has 94 valence electrons. The second-order valence-corrected chi connectivity index (χ2v) is 3.90. The average molecular weight is 249 g/mol. The van der Waals surface area contributed by atoms with Crippen LogP contribution in [0.5, 0.6) is 0 Å². The Balaban J connectivity index is 2.03. The first-order valence-electron chi connectivity index (χ1n) is 5.40. The number of rotatable bonds is 3. The van der Waals surface area contributed by atoms with Gasteiger partial charge in [-0.3, -0.25) is 4.79 Å². The SMILES string of the molecule is Cc1ccc(C(=O)NCc2noc(C)n2)c(F)c1. The molecule has 0 aliphatic heterocycles. The van der Waals surface area contributed by atoms with E-state index in [-0.39, 0.29) is 12.1 Å². The van der Waals surface area contributed by atoms with Crippen molar-refractivity contribution >= 4 is 5.91 Å². The molecular weight excluding hydrogens is 237 g/mol. The first-order valence-corrected chi connectivity index (χ1v) is 5.40. The number of aryl methyl sites for hydroxylation is 2. The molecule has 0 saturated heterocycles. The van der Waals surface area contributed by atoms with Gasteiger partial charge in [-0.05, 0) is 24.6 Å². The van der Waals surface area contributed by atoms with Crippen LogP contribution in [0, 0.1) is 19.7 Å². The Morgan fingerprint density at radius 1 is 1.44 bits per heavy atom. The second kappa shape index (κ2) is 4.95. The third kappa shape index (κ3) is 2.71. The Morgan fingerprint density at radius 2 is 2.22 bits per heavy atom. The predicted octanol–water partition coefficient (Wildman–Crippen LogP) is 1.76. The summed E-state index contributed by atoms with van der Waals surface area (Å²) >= 11 is 0. The van der Waals surface area contributed by atoms with Crippen LogP contribution < -0.4 is 5.32 Å². The normalized spacial score (nSPS) is 10.4. The van der Waals surface area contributed by atoms with E-state index in [1.807, 2.05) is 0 Å². The molecular formula is C12H12FN3O2. The Kier molecular flexibility index (Phi) is 3.36. The highest BCUT2D eigenvalue weighted by atomic mass is 19.1. The largest absolute Gasteiger partial charge is 0.345 e. The van der Waals surface area contributed by atoms with Gasteiger partial charge >= 0.3 is 0 Å². The van der Waals surface area contributed by atoms with Crippen molar-refractivity contribution in [3.63, 3.8) is 0 Å². The van der Waals surface area contributed by atoms with Crippen LogP contribution in [0.2, 0.25) is 0 Å². The molecule has 0 saturated carbocycles. The van der Waals surface area contributed by atoms with Gasteiger partial charge in [0, 0.05) is 6.92 Å². The van der Waals surface area contributed by atoms with Gasteiger partial charge in [0.25, 0.3) is 5.91 Å². The maximum Gasteiger partial charge on any atom is 0.254 e. The molecule has 2 rings (SSSR count). The molecule has 1 amide bonds. The molecule has 0 fully saturated rings. The highest BCUT2D eigenvalue weighted by molar-refractivity contribution is 5.94. The summed E-state index contributed by atoms with van der Waals surface area (Å²) in [6, 6.07) is 4.44. The zero-order chi connectivity index (χ0) is 13.1. The van der Waals surface area contributed by atoms with Crippen LogP contribution in [0.1, 0.15) is 27.6 Å². The van der Waals surface area contributed by atoms with Gasteiger partial charge < -0.3 is 9.84 Å². The molecule has 0 atom stereocenters. The van der Waals surface area contributed by atoms with Crippen molar-refractivity contribution < 1.29 is 13.7 Å². The lowest BCUT2D eigenvalue weighted by Crippen LogP contribution is -2.24. The maximum absolute atomic E-state index is 13.5. The second-order valence-electron chi connectivity index (χ2n) is 3.90. The number of benzene rings is 1. The van der Waals surface area contributed by atoms with Gasteiger partial charge in [-0.2, -0.15) is 4.98 Å². The monoisotopic (exact) mass is 249 g/mol. The molecule has 1 aromatic carbocycles. The number of aromatic nitrogens is 2. The third-order valence-corrected chi connectivity index (χ3v) is 2.35. The Labute approximate surface area is 103 Å². The number of carbonyl (C=O) groups is 1. The molecule has 6 heteroatoms. The van der Waals surface area contributed by atoms with Crippen LogP contribution in [0.3, 0.4) is 0 Å². The molecule has 18 heavy (non-hydrogen) atoms. The van der Waals surface area contributed by atoms with Crippen LogP contribution in [-0.4, -0.2) is 16.0 Å². The average Bonchev–Trinajstić information content (AvgIpc) is 2.72. The summed E-state index contributed by atoms with van der Waals surface area (Å²) in [5, 5.41) is 6.15. The van der Waals surface area contributed by atoms with Gasteiger partial charge in [0.1, 0.15) is 5.82 Å². The summed E-state index contributed by atoms with van der Waals surface area (Å²) in [5.74, 6) is -0.277. The van der Waals surface area contributed by atoms with Gasteiger partial charge in [-0.25, -0.2) is 4.39 Å². The standard InChI is InChI=1S/C12H12FN3O2/c1-7-3-4-9(10(13)5-7)12(17)14-6-11-15-8(2)18-16-11/h3-5H,6H2,1-2H3,(H,14,17). The maximum atomic E-state index is 13.5. The lowest BCUT2D eigenvalue weighted by molar-refractivity contribution is 0.0945. The number of nitrogens with one attached hydrogen (secondary N) is 1. The molecule has 1 aromatic heterocycles. The summed E-state index contributed by atoms with van der Waals surface area (Å²) in [4.78, 5) is 15.6. The molecule has 0 unspecified atom stereocenters. The van der Waals surface area contributed by atoms with E-state index in [9.17, 15) is 9.18 Å². The summed E-state index contributed by atoms with van der Waals surface area (Å²) in [6.45, 7) is 3.51. The van der Waals surface area contributed by atoms with E-state index in [1.165, 1.54) is 12.1 Å². The number of nitrogens with zero attached hydrogens (tertiary/aromatic N) is 2. The molecule has 0 radical (unpaired) electrons. The van der Waals surface area contributed by atoms with Crippen molar-refractivity contribution in [1.82, 2.24) is 15.5 Å². The van der Waals surface area contributed by atoms with E-state index in [4.69, 9.17) is 4.52 Å². The van der Waals surface area contributed by atoms with Crippen LogP contribution in [0.4, 0.5) is 4.39 Å². The predicted molar refractivity (Wildman–Crippen MR) is 61.3 cm³/mol. The highest BCUT2D eigenvalue weighted by Gasteiger charge is 2.12. The van der Waals surface area contributed by atoms with Crippen molar-refractivity contribution in [1.29, 1.82) is 0 Å². The quantitative estimate of drug-likeness (QED) is 0.899. The molecule has 1 N–H and O–H groups in total. The minimum Gasteiger partial charge on any atom is -0.345 e. The Hall–Kier alpha value is -2.24. The molecule has 0 bridgehead atoms. The summed E-state index contributed by atoms with van der Waals surface area (Å²) in [5.41, 5.74) is 0.763. The van der Waals surface area contributed by atoms with Crippen molar-refractivity contribution in [3.8, 4) is 0 Å². The fourth-order valence-corrected chi connectivity index (χ4v) is 1.47. The van der Waals surface area contributed by atoms with E-state index in [2.05, 4.69) is 15.5 Å². The number of amides is 1. The number of hydrogen-bond donors (Lipinski definition) is 1. The lowest BCUT2D eigenvalue weighted by Gasteiger charge is -2.04.